The van der Waals surface area contributed by atoms with Crippen molar-refractivity contribution in [3.8, 4) is 10.4 Å². The number of aromatic nitrogens is 1. The number of nitrogens with two attached hydrogens (primary N) is 1. The van der Waals surface area contributed by atoms with E-state index in [1.54, 1.807) is 11.3 Å². The molecule has 0 spiro atoms. The first-order chi connectivity index (χ1) is 18.3. The second-order valence-corrected chi connectivity index (χ2v) is 13.0. The molecule has 0 unspecified atom stereocenters. The van der Waals surface area contributed by atoms with Crippen molar-refractivity contribution in [3.05, 3.63) is 41.0 Å². The van der Waals surface area contributed by atoms with Gasteiger partial charge in [0.05, 0.1) is 28.2 Å². The van der Waals surface area contributed by atoms with E-state index in [0.717, 1.165) is 34.5 Å². The topological polar surface area (TPSA) is 138 Å². The summed E-state index contributed by atoms with van der Waals surface area (Å²) < 4.78 is 0. The lowest BCUT2D eigenvalue weighted by Gasteiger charge is -2.37. The number of hydrogen-bond acceptors (Lipinski definition) is 7. The van der Waals surface area contributed by atoms with E-state index in [2.05, 4.69) is 15.6 Å². The Morgan fingerprint density at radius 1 is 1.15 bits per heavy atom. The zero-order valence-electron chi connectivity index (χ0n) is 23.4. The normalized spacial score (nSPS) is 24.5. The summed E-state index contributed by atoms with van der Waals surface area (Å²) in [5.74, 6) is -0.622. The third-order valence-corrected chi connectivity index (χ3v) is 8.78. The maximum absolute atomic E-state index is 13.7. The summed E-state index contributed by atoms with van der Waals surface area (Å²) in [6, 6.07) is 6.20. The van der Waals surface area contributed by atoms with Crippen LogP contribution in [0.5, 0.6) is 0 Å². The molecule has 5 N–H and O–H groups in total. The number of aliphatic hydroxyl groups is 1. The molecular formula is C29H41N5O4S. The lowest BCUT2D eigenvalue weighted by Crippen LogP contribution is -2.58. The molecule has 1 aromatic heterocycles. The Hall–Kier alpha value is -2.82. The van der Waals surface area contributed by atoms with Crippen LogP contribution in [0.25, 0.3) is 10.4 Å². The predicted octanol–water partition coefficient (Wildman–Crippen LogP) is 2.92. The number of carbonyl (C=O) groups is 3. The number of thiazole rings is 1. The molecule has 1 saturated carbocycles. The average Bonchev–Trinajstić information content (AvgIpc) is 3.46. The number of likely N-dealkylation sites (tertiary alicyclic amines) is 1. The third kappa shape index (κ3) is 6.85. The van der Waals surface area contributed by atoms with Crippen LogP contribution in [-0.2, 0) is 14.4 Å². The molecule has 4 rings (SSSR count). The van der Waals surface area contributed by atoms with Crippen molar-refractivity contribution < 1.29 is 19.5 Å². The molecule has 1 aliphatic carbocycles. The second-order valence-electron chi connectivity index (χ2n) is 12.2. The maximum atomic E-state index is 13.7. The van der Waals surface area contributed by atoms with Gasteiger partial charge in [-0.1, -0.05) is 45.0 Å². The second kappa shape index (κ2) is 11.7. The van der Waals surface area contributed by atoms with Gasteiger partial charge in [0, 0.05) is 25.4 Å². The number of nitrogens with one attached hydrogen (secondary N) is 2. The van der Waals surface area contributed by atoms with E-state index in [9.17, 15) is 19.5 Å². The van der Waals surface area contributed by atoms with Crippen LogP contribution in [0.15, 0.2) is 29.8 Å². The largest absolute Gasteiger partial charge is 0.391 e. The van der Waals surface area contributed by atoms with Gasteiger partial charge in [0.15, 0.2) is 0 Å². The highest BCUT2D eigenvalue weighted by Gasteiger charge is 2.45. The summed E-state index contributed by atoms with van der Waals surface area (Å²) in [5.41, 5.74) is 10.1. The van der Waals surface area contributed by atoms with Gasteiger partial charge in [0.2, 0.25) is 17.7 Å². The minimum atomic E-state index is -0.820. The van der Waals surface area contributed by atoms with Gasteiger partial charge in [-0.05, 0) is 49.1 Å². The zero-order chi connectivity index (χ0) is 28.5. The van der Waals surface area contributed by atoms with Gasteiger partial charge in [-0.3, -0.25) is 14.4 Å². The SMILES string of the molecule is Cc1ncsc1-c1ccc([C@H](C)NC(=O)[C@@H]2C[C@@H](O)CN2C(=O)[C@@H](NC(=O)CC2CC(N)C2)C(C)(C)C)cc1. The number of carbonyl (C=O) groups excluding carboxylic acids is 3. The molecule has 4 atom stereocenters. The minimum absolute atomic E-state index is 0.0497. The predicted molar refractivity (Wildman–Crippen MR) is 152 cm³/mol. The van der Waals surface area contributed by atoms with Crippen LogP contribution in [0.2, 0.25) is 0 Å². The summed E-state index contributed by atoms with van der Waals surface area (Å²) in [6.45, 7) is 9.58. The van der Waals surface area contributed by atoms with Crippen LogP contribution >= 0.6 is 11.3 Å². The lowest BCUT2D eigenvalue weighted by molar-refractivity contribution is -0.144. The van der Waals surface area contributed by atoms with E-state index in [0.29, 0.717) is 6.42 Å². The molecule has 212 valence electrons. The van der Waals surface area contributed by atoms with Crippen molar-refractivity contribution >= 4 is 29.1 Å². The first-order valence-electron chi connectivity index (χ1n) is 13.7. The maximum Gasteiger partial charge on any atom is 0.246 e. The van der Waals surface area contributed by atoms with Gasteiger partial charge in [0.25, 0.3) is 0 Å². The molecule has 39 heavy (non-hydrogen) atoms. The number of amides is 3. The Labute approximate surface area is 234 Å². The van der Waals surface area contributed by atoms with E-state index in [-0.39, 0.29) is 48.7 Å². The van der Waals surface area contributed by atoms with Crippen molar-refractivity contribution in [1.29, 1.82) is 0 Å². The van der Waals surface area contributed by atoms with Crippen molar-refractivity contribution in [2.45, 2.75) is 90.6 Å². The van der Waals surface area contributed by atoms with E-state index in [4.69, 9.17) is 5.73 Å². The zero-order valence-corrected chi connectivity index (χ0v) is 24.3. The number of benzene rings is 1. The summed E-state index contributed by atoms with van der Waals surface area (Å²) in [6.07, 6.45) is 1.30. The highest BCUT2D eigenvalue weighted by molar-refractivity contribution is 7.13. The van der Waals surface area contributed by atoms with Gasteiger partial charge < -0.3 is 26.4 Å². The first-order valence-corrected chi connectivity index (χ1v) is 14.6. The number of aliphatic hydroxyl groups excluding tert-OH is 1. The number of aryl methyl sites for hydroxylation is 1. The van der Waals surface area contributed by atoms with Gasteiger partial charge in [-0.25, -0.2) is 4.98 Å². The van der Waals surface area contributed by atoms with Crippen LogP contribution in [0.1, 0.15) is 70.7 Å². The Balaban J connectivity index is 1.42. The highest BCUT2D eigenvalue weighted by Crippen LogP contribution is 2.31. The van der Waals surface area contributed by atoms with Crippen LogP contribution in [0.3, 0.4) is 0 Å². The number of rotatable bonds is 8. The molecule has 0 bridgehead atoms. The minimum Gasteiger partial charge on any atom is -0.391 e. The standard InChI is InChI=1S/C29H41N5O4S/c1-16(19-6-8-20(9-7-19)25-17(2)31-15-39-25)32-27(37)23-13-22(35)14-34(23)28(38)26(29(3,4)5)33-24(36)12-18-10-21(30)11-18/h6-9,15-16,18,21-23,26,35H,10-14,30H2,1-5H3,(H,32,37)(H,33,36)/t16-,18?,21?,22+,23-,26+/m0/s1. The van der Waals surface area contributed by atoms with Gasteiger partial charge in [-0.2, -0.15) is 0 Å². The molecule has 2 fully saturated rings. The molecule has 9 nitrogen and oxygen atoms in total. The summed E-state index contributed by atoms with van der Waals surface area (Å²) >= 11 is 1.59. The van der Waals surface area contributed by atoms with Crippen LogP contribution in [-0.4, -0.2) is 63.5 Å². The highest BCUT2D eigenvalue weighted by atomic mass is 32.1. The molecule has 1 saturated heterocycles. The Morgan fingerprint density at radius 3 is 2.38 bits per heavy atom. The quantitative estimate of drug-likeness (QED) is 0.395. The molecule has 3 amide bonds. The smallest absolute Gasteiger partial charge is 0.246 e. The average molecular weight is 556 g/mol. The molecule has 2 aromatic rings. The first kappa shape index (κ1) is 29.2. The fourth-order valence-electron chi connectivity index (χ4n) is 5.45. The number of hydrogen-bond donors (Lipinski definition) is 4. The molecule has 1 aromatic carbocycles. The van der Waals surface area contributed by atoms with Crippen molar-refractivity contribution in [2.24, 2.45) is 17.1 Å². The Bertz CT molecular complexity index is 1190. The molecular weight excluding hydrogens is 514 g/mol. The van der Waals surface area contributed by atoms with Crippen LogP contribution in [0.4, 0.5) is 0 Å². The van der Waals surface area contributed by atoms with Gasteiger partial charge in [0.1, 0.15) is 12.1 Å². The monoisotopic (exact) mass is 555 g/mol. The Kier molecular flexibility index (Phi) is 8.78. The molecule has 2 heterocycles. The number of nitrogens with zero attached hydrogens (tertiary/aromatic N) is 2. The molecule has 1 aliphatic heterocycles. The molecule has 0 radical (unpaired) electrons. The summed E-state index contributed by atoms with van der Waals surface area (Å²) in [5, 5.41) is 16.4. The van der Waals surface area contributed by atoms with E-state index < -0.39 is 23.6 Å². The Morgan fingerprint density at radius 2 is 1.82 bits per heavy atom. The van der Waals surface area contributed by atoms with Crippen LogP contribution in [0, 0.1) is 18.3 Å². The van der Waals surface area contributed by atoms with E-state index in [1.807, 2.05) is 64.4 Å². The van der Waals surface area contributed by atoms with E-state index >= 15 is 0 Å². The fraction of sp³-hybridized carbons (Fsp3) is 0.586. The number of β-amino-alcohol motifs (C(OH)–C–C–N with tert-alkyl or cyclic N) is 1. The van der Waals surface area contributed by atoms with Crippen molar-refractivity contribution in [1.82, 2.24) is 20.5 Å². The molecule has 10 heteroatoms. The van der Waals surface area contributed by atoms with Crippen molar-refractivity contribution in [2.75, 3.05) is 6.54 Å². The third-order valence-electron chi connectivity index (χ3n) is 7.81. The van der Waals surface area contributed by atoms with E-state index in [1.165, 1.54) is 4.90 Å². The van der Waals surface area contributed by atoms with Gasteiger partial charge >= 0.3 is 0 Å². The van der Waals surface area contributed by atoms with Crippen molar-refractivity contribution in [3.63, 3.8) is 0 Å². The lowest BCUT2D eigenvalue weighted by atomic mass is 9.78. The summed E-state index contributed by atoms with van der Waals surface area (Å²) in [7, 11) is 0. The molecule has 2 aliphatic rings. The van der Waals surface area contributed by atoms with Crippen LogP contribution < -0.4 is 16.4 Å². The van der Waals surface area contributed by atoms with Gasteiger partial charge in [-0.15, -0.1) is 11.3 Å². The fourth-order valence-corrected chi connectivity index (χ4v) is 6.26. The summed E-state index contributed by atoms with van der Waals surface area (Å²) in [4.78, 5) is 46.7.